The van der Waals surface area contributed by atoms with Crippen LogP contribution in [-0.4, -0.2) is 27.3 Å². The summed E-state index contributed by atoms with van der Waals surface area (Å²) in [6.07, 6.45) is 3.41. The minimum absolute atomic E-state index is 0.319. The van der Waals surface area contributed by atoms with E-state index in [1.807, 2.05) is 37.4 Å². The highest BCUT2D eigenvalue weighted by atomic mass is 16.5. The molecule has 0 spiro atoms. The van der Waals surface area contributed by atoms with Gasteiger partial charge in [0.1, 0.15) is 0 Å². The second kappa shape index (κ2) is 5.36. The molecule has 0 N–H and O–H groups in total. The van der Waals surface area contributed by atoms with Gasteiger partial charge in [-0.2, -0.15) is 5.10 Å². The number of carbonyl (C=O) groups is 1. The molecular formula is C16H15N3O2. The van der Waals surface area contributed by atoms with Gasteiger partial charge in [-0.1, -0.05) is 30.3 Å². The van der Waals surface area contributed by atoms with E-state index < -0.39 is 5.97 Å². The van der Waals surface area contributed by atoms with Crippen molar-refractivity contribution < 1.29 is 9.53 Å². The van der Waals surface area contributed by atoms with Gasteiger partial charge in [-0.05, 0) is 12.5 Å². The molecule has 21 heavy (non-hydrogen) atoms. The van der Waals surface area contributed by atoms with E-state index in [1.165, 1.54) is 0 Å². The van der Waals surface area contributed by atoms with Crippen molar-refractivity contribution in [3.05, 3.63) is 48.4 Å². The number of esters is 1. The van der Waals surface area contributed by atoms with E-state index in [0.29, 0.717) is 12.3 Å². The second-order valence-corrected chi connectivity index (χ2v) is 4.64. The Bertz CT molecular complexity index is 794. The summed E-state index contributed by atoms with van der Waals surface area (Å²) < 4.78 is 6.86. The Morgan fingerprint density at radius 1 is 1.24 bits per heavy atom. The molecule has 0 amide bonds. The molecule has 0 bridgehead atoms. The van der Waals surface area contributed by atoms with Gasteiger partial charge in [0.25, 0.3) is 0 Å². The Kier molecular flexibility index (Phi) is 3.39. The fourth-order valence-corrected chi connectivity index (χ4v) is 2.36. The molecule has 2 heterocycles. The smallest absolute Gasteiger partial charge is 0.357 e. The highest BCUT2D eigenvalue weighted by Gasteiger charge is 2.20. The third-order valence-corrected chi connectivity index (χ3v) is 3.34. The predicted molar refractivity (Wildman–Crippen MR) is 79.9 cm³/mol. The lowest BCUT2D eigenvalue weighted by Crippen LogP contribution is -2.09. The molecule has 5 heteroatoms. The van der Waals surface area contributed by atoms with Crippen LogP contribution in [0.15, 0.2) is 42.7 Å². The van der Waals surface area contributed by atoms with E-state index in [1.54, 1.807) is 24.0 Å². The molecule has 0 saturated carbocycles. The first-order valence-corrected chi connectivity index (χ1v) is 6.75. The van der Waals surface area contributed by atoms with E-state index in [-0.39, 0.29) is 0 Å². The maximum Gasteiger partial charge on any atom is 0.357 e. The van der Waals surface area contributed by atoms with Crippen LogP contribution >= 0.6 is 0 Å². The Labute approximate surface area is 122 Å². The fourth-order valence-electron chi connectivity index (χ4n) is 2.36. The van der Waals surface area contributed by atoms with E-state index in [0.717, 1.165) is 22.0 Å². The molecule has 0 aliphatic heterocycles. The summed E-state index contributed by atoms with van der Waals surface area (Å²) in [6, 6.07) is 9.70. The fraction of sp³-hybridized carbons (Fsp3) is 0.188. The summed E-state index contributed by atoms with van der Waals surface area (Å²) in [4.78, 5) is 16.5. The monoisotopic (exact) mass is 281 g/mol. The summed E-state index contributed by atoms with van der Waals surface area (Å²) in [6.45, 7) is 2.10. The Hall–Kier alpha value is -2.69. The minimum atomic E-state index is -0.415. The molecule has 0 aliphatic carbocycles. The van der Waals surface area contributed by atoms with Crippen LogP contribution in [0, 0.1) is 0 Å². The SMILES string of the molecule is CCOC(=O)c1ncc2c(cnn2C)c1-c1ccccc1. The van der Waals surface area contributed by atoms with Crippen LogP contribution in [0.3, 0.4) is 0 Å². The summed E-state index contributed by atoms with van der Waals surface area (Å²) in [5.74, 6) is -0.415. The molecule has 0 aliphatic rings. The summed E-state index contributed by atoms with van der Waals surface area (Å²) >= 11 is 0. The first kappa shape index (κ1) is 13.3. The topological polar surface area (TPSA) is 57.0 Å². The quantitative estimate of drug-likeness (QED) is 0.693. The zero-order valence-corrected chi connectivity index (χ0v) is 11.9. The van der Waals surface area contributed by atoms with E-state index >= 15 is 0 Å². The molecule has 5 nitrogen and oxygen atoms in total. The summed E-state index contributed by atoms with van der Waals surface area (Å²) in [7, 11) is 1.85. The predicted octanol–water partition coefficient (Wildman–Crippen LogP) is 2.81. The number of ether oxygens (including phenoxy) is 1. The minimum Gasteiger partial charge on any atom is -0.461 e. The molecule has 1 aromatic carbocycles. The van der Waals surface area contributed by atoms with Gasteiger partial charge in [0.2, 0.25) is 0 Å². The highest BCUT2D eigenvalue weighted by Crippen LogP contribution is 2.30. The van der Waals surface area contributed by atoms with Gasteiger partial charge in [0.05, 0.1) is 24.5 Å². The van der Waals surface area contributed by atoms with Crippen molar-refractivity contribution in [2.45, 2.75) is 6.92 Å². The zero-order chi connectivity index (χ0) is 14.8. The maximum atomic E-state index is 12.2. The van der Waals surface area contributed by atoms with E-state index in [9.17, 15) is 4.79 Å². The van der Waals surface area contributed by atoms with Crippen LogP contribution in [0.25, 0.3) is 22.0 Å². The maximum absolute atomic E-state index is 12.2. The lowest BCUT2D eigenvalue weighted by Gasteiger charge is -2.09. The molecular weight excluding hydrogens is 266 g/mol. The number of hydrogen-bond donors (Lipinski definition) is 0. The van der Waals surface area contributed by atoms with Gasteiger partial charge in [0, 0.05) is 18.0 Å². The van der Waals surface area contributed by atoms with Crippen LogP contribution in [-0.2, 0) is 11.8 Å². The average Bonchev–Trinajstić information content (AvgIpc) is 2.89. The molecule has 3 aromatic rings. The van der Waals surface area contributed by atoms with Crippen molar-refractivity contribution in [3.8, 4) is 11.1 Å². The van der Waals surface area contributed by atoms with Crippen molar-refractivity contribution in [1.82, 2.24) is 14.8 Å². The third kappa shape index (κ3) is 2.27. The average molecular weight is 281 g/mol. The number of pyridine rings is 1. The lowest BCUT2D eigenvalue weighted by atomic mass is 10.0. The first-order chi connectivity index (χ1) is 10.2. The van der Waals surface area contributed by atoms with Crippen LogP contribution < -0.4 is 0 Å². The summed E-state index contributed by atoms with van der Waals surface area (Å²) in [5.41, 5.74) is 2.89. The lowest BCUT2D eigenvalue weighted by molar-refractivity contribution is 0.0520. The second-order valence-electron chi connectivity index (χ2n) is 4.64. The van der Waals surface area contributed by atoms with Gasteiger partial charge in [-0.3, -0.25) is 4.68 Å². The molecule has 3 rings (SSSR count). The standard InChI is InChI=1S/C16H15N3O2/c1-3-21-16(20)15-14(11-7-5-4-6-8-11)12-9-18-19(2)13(12)10-17-15/h4-10H,3H2,1-2H3. The van der Waals surface area contributed by atoms with Crippen molar-refractivity contribution in [3.63, 3.8) is 0 Å². The Balaban J connectivity index is 2.30. The van der Waals surface area contributed by atoms with Crippen molar-refractivity contribution >= 4 is 16.9 Å². The number of carbonyl (C=O) groups excluding carboxylic acids is 1. The normalized spacial score (nSPS) is 10.8. The van der Waals surface area contributed by atoms with Crippen molar-refractivity contribution in [2.75, 3.05) is 6.61 Å². The first-order valence-electron chi connectivity index (χ1n) is 6.75. The molecule has 0 unspecified atom stereocenters. The number of aromatic nitrogens is 3. The number of hydrogen-bond acceptors (Lipinski definition) is 4. The molecule has 0 fully saturated rings. The van der Waals surface area contributed by atoms with Crippen molar-refractivity contribution in [1.29, 1.82) is 0 Å². The van der Waals surface area contributed by atoms with E-state index in [4.69, 9.17) is 4.74 Å². The van der Waals surface area contributed by atoms with Gasteiger partial charge in [-0.15, -0.1) is 0 Å². The molecule has 2 aromatic heterocycles. The van der Waals surface area contributed by atoms with Gasteiger partial charge in [0.15, 0.2) is 5.69 Å². The van der Waals surface area contributed by atoms with Crippen molar-refractivity contribution in [2.24, 2.45) is 7.05 Å². The number of aryl methyl sites for hydroxylation is 1. The van der Waals surface area contributed by atoms with Crippen LogP contribution in [0.5, 0.6) is 0 Å². The number of benzene rings is 1. The Morgan fingerprint density at radius 2 is 2.00 bits per heavy atom. The number of rotatable bonds is 3. The van der Waals surface area contributed by atoms with Gasteiger partial charge in [-0.25, -0.2) is 9.78 Å². The summed E-state index contributed by atoms with van der Waals surface area (Å²) in [5, 5.41) is 5.14. The molecule has 0 radical (unpaired) electrons. The third-order valence-electron chi connectivity index (χ3n) is 3.34. The zero-order valence-electron chi connectivity index (χ0n) is 11.9. The Morgan fingerprint density at radius 3 is 2.71 bits per heavy atom. The number of nitrogens with zero attached hydrogens (tertiary/aromatic N) is 3. The molecule has 106 valence electrons. The van der Waals surface area contributed by atoms with Crippen LogP contribution in [0.4, 0.5) is 0 Å². The molecule has 0 atom stereocenters. The molecule has 0 saturated heterocycles. The van der Waals surface area contributed by atoms with Gasteiger partial charge >= 0.3 is 5.97 Å². The largest absolute Gasteiger partial charge is 0.461 e. The highest BCUT2D eigenvalue weighted by molar-refractivity contribution is 6.05. The van der Waals surface area contributed by atoms with Crippen LogP contribution in [0.2, 0.25) is 0 Å². The van der Waals surface area contributed by atoms with Crippen LogP contribution in [0.1, 0.15) is 17.4 Å². The number of fused-ring (bicyclic) bond motifs is 1. The van der Waals surface area contributed by atoms with E-state index in [2.05, 4.69) is 10.1 Å². The van der Waals surface area contributed by atoms with Gasteiger partial charge < -0.3 is 4.74 Å².